The lowest BCUT2D eigenvalue weighted by Gasteiger charge is -2.17. The highest BCUT2D eigenvalue weighted by molar-refractivity contribution is 8.04. The van der Waals surface area contributed by atoms with E-state index in [1.807, 2.05) is 18.8 Å². The maximum absolute atomic E-state index is 5.29. The predicted molar refractivity (Wildman–Crippen MR) is 71.1 cm³/mol. The first-order valence-corrected chi connectivity index (χ1v) is 6.05. The van der Waals surface area contributed by atoms with Crippen molar-refractivity contribution < 1.29 is 0 Å². The van der Waals surface area contributed by atoms with Gasteiger partial charge in [-0.25, -0.2) is 0 Å². The van der Waals surface area contributed by atoms with E-state index in [0.717, 1.165) is 11.3 Å². The molecule has 0 radical (unpaired) electrons. The molecule has 4 N–H and O–H groups in total. The van der Waals surface area contributed by atoms with E-state index in [2.05, 4.69) is 43.1 Å². The maximum Gasteiger partial charge on any atom is 0.0763 e. The maximum atomic E-state index is 5.29. The van der Waals surface area contributed by atoms with Crippen LogP contribution in [0, 0.1) is 0 Å². The van der Waals surface area contributed by atoms with E-state index in [1.165, 1.54) is 10.6 Å². The number of thioether (sulfide) groups is 1. The van der Waals surface area contributed by atoms with Crippen LogP contribution in [0.1, 0.15) is 13.8 Å². The summed E-state index contributed by atoms with van der Waals surface area (Å²) in [5.41, 5.74) is 5.66. The van der Waals surface area contributed by atoms with Gasteiger partial charge in [-0.3, -0.25) is 5.84 Å². The van der Waals surface area contributed by atoms with Crippen molar-refractivity contribution in [3.05, 3.63) is 34.7 Å². The van der Waals surface area contributed by atoms with Gasteiger partial charge in [0.25, 0.3) is 0 Å². The molecule has 0 fully saturated rings. The van der Waals surface area contributed by atoms with E-state index >= 15 is 0 Å². The number of nitrogens with two attached hydrogens (primary N) is 1. The Morgan fingerprint density at radius 1 is 1.62 bits per heavy atom. The second-order valence-corrected chi connectivity index (χ2v) is 5.02. The first-order chi connectivity index (χ1) is 7.52. The highest BCUT2D eigenvalue weighted by atomic mass is 32.2. The molecule has 1 aliphatic rings. The van der Waals surface area contributed by atoms with Gasteiger partial charge in [0, 0.05) is 36.5 Å². The molecule has 0 saturated carbocycles. The van der Waals surface area contributed by atoms with E-state index in [0.29, 0.717) is 5.37 Å². The lowest BCUT2D eigenvalue weighted by Crippen LogP contribution is -2.19. The van der Waals surface area contributed by atoms with Crippen LogP contribution in [0.25, 0.3) is 0 Å². The summed E-state index contributed by atoms with van der Waals surface area (Å²) < 4.78 is 0. The number of hydrogen-bond donors (Lipinski definition) is 3. The molecule has 16 heavy (non-hydrogen) atoms. The van der Waals surface area contributed by atoms with Crippen molar-refractivity contribution >= 4 is 11.8 Å². The Labute approximate surface area is 102 Å². The van der Waals surface area contributed by atoms with Crippen LogP contribution in [-0.2, 0) is 0 Å². The molecule has 4 nitrogen and oxygen atoms in total. The number of rotatable bonds is 4. The van der Waals surface area contributed by atoms with Gasteiger partial charge in [-0.15, -0.1) is 0 Å². The van der Waals surface area contributed by atoms with Crippen molar-refractivity contribution in [1.29, 1.82) is 0 Å². The highest BCUT2D eigenvalue weighted by Crippen LogP contribution is 2.41. The van der Waals surface area contributed by atoms with Crippen LogP contribution in [0.2, 0.25) is 0 Å². The summed E-state index contributed by atoms with van der Waals surface area (Å²) in [6.45, 7) is 8.40. The lowest BCUT2D eigenvalue weighted by atomic mass is 10.2. The molecule has 0 saturated heterocycles. The first-order valence-electron chi connectivity index (χ1n) is 5.17. The van der Waals surface area contributed by atoms with Crippen LogP contribution in [0.15, 0.2) is 34.7 Å². The fraction of sp³-hybridized carbons (Fsp3) is 0.455. The number of hydrogen-bond acceptors (Lipinski definition) is 5. The standard InChI is InChI=1S/C11H20N4S/c1-7(10(13-4)6-14-12)11-8(2)15(5)9(3)16-11/h6,9,13-14H,1,12H2,2-5H3/b10-6-. The largest absolute Gasteiger partial charge is 0.386 e. The second-order valence-electron chi connectivity index (χ2n) is 3.70. The Morgan fingerprint density at radius 2 is 2.25 bits per heavy atom. The molecule has 90 valence electrons. The number of nitrogens with one attached hydrogen (secondary N) is 2. The van der Waals surface area contributed by atoms with Crippen molar-refractivity contribution in [3.8, 4) is 0 Å². The fourth-order valence-electron chi connectivity index (χ4n) is 1.57. The zero-order valence-corrected chi connectivity index (χ0v) is 11.1. The summed E-state index contributed by atoms with van der Waals surface area (Å²) in [6.07, 6.45) is 1.71. The van der Waals surface area contributed by atoms with Gasteiger partial charge in [0.15, 0.2) is 0 Å². The van der Waals surface area contributed by atoms with Gasteiger partial charge >= 0.3 is 0 Å². The Kier molecular flexibility index (Phi) is 4.32. The van der Waals surface area contributed by atoms with Gasteiger partial charge in [-0.05, 0) is 13.8 Å². The van der Waals surface area contributed by atoms with Gasteiger partial charge in [-0.2, -0.15) is 0 Å². The minimum absolute atomic E-state index is 0.454. The molecule has 0 spiro atoms. The molecule has 0 bridgehead atoms. The SMILES string of the molecule is C=C(C1=C(C)N(C)C(C)S1)/C(=C/NN)NC. The zero-order valence-electron chi connectivity index (χ0n) is 10.3. The molecule has 0 aromatic carbocycles. The minimum Gasteiger partial charge on any atom is -0.386 e. The predicted octanol–water partition coefficient (Wildman–Crippen LogP) is 1.32. The topological polar surface area (TPSA) is 53.3 Å². The van der Waals surface area contributed by atoms with Crippen LogP contribution in [0.4, 0.5) is 0 Å². The van der Waals surface area contributed by atoms with E-state index in [4.69, 9.17) is 5.84 Å². The van der Waals surface area contributed by atoms with Crippen LogP contribution >= 0.6 is 11.8 Å². The molecule has 1 heterocycles. The van der Waals surface area contributed by atoms with Crippen molar-refractivity contribution in [1.82, 2.24) is 15.6 Å². The Balaban J connectivity index is 2.95. The van der Waals surface area contributed by atoms with Crippen molar-refractivity contribution in [2.45, 2.75) is 19.2 Å². The molecule has 0 aromatic heterocycles. The second kappa shape index (κ2) is 5.32. The highest BCUT2D eigenvalue weighted by Gasteiger charge is 2.26. The van der Waals surface area contributed by atoms with Crippen LogP contribution in [-0.4, -0.2) is 24.4 Å². The number of hydrazine groups is 1. The number of nitrogens with zero attached hydrogens (tertiary/aromatic N) is 1. The third kappa shape index (κ3) is 2.36. The molecular formula is C11H20N4S. The zero-order chi connectivity index (χ0) is 12.3. The molecule has 5 heteroatoms. The van der Waals surface area contributed by atoms with Crippen LogP contribution in [0.3, 0.4) is 0 Å². The summed E-state index contributed by atoms with van der Waals surface area (Å²) in [4.78, 5) is 3.46. The van der Waals surface area contributed by atoms with Gasteiger partial charge in [-0.1, -0.05) is 18.3 Å². The summed E-state index contributed by atoms with van der Waals surface area (Å²) in [5, 5.41) is 3.54. The summed E-state index contributed by atoms with van der Waals surface area (Å²) in [6, 6.07) is 0. The van der Waals surface area contributed by atoms with Crippen molar-refractivity contribution in [3.63, 3.8) is 0 Å². The average Bonchev–Trinajstić information content (AvgIpc) is 2.53. The third-order valence-electron chi connectivity index (χ3n) is 2.79. The molecule has 1 aliphatic heterocycles. The van der Waals surface area contributed by atoms with Gasteiger partial charge in [0.2, 0.25) is 0 Å². The third-order valence-corrected chi connectivity index (χ3v) is 4.22. The molecule has 1 unspecified atom stereocenters. The Hall–Kier alpha value is -1.07. The summed E-state index contributed by atoms with van der Waals surface area (Å²) in [5.74, 6) is 5.29. The van der Waals surface area contributed by atoms with Crippen LogP contribution in [0.5, 0.6) is 0 Å². The van der Waals surface area contributed by atoms with E-state index in [-0.39, 0.29) is 0 Å². The molecule has 0 aliphatic carbocycles. The van der Waals surface area contributed by atoms with Gasteiger partial charge < -0.3 is 15.6 Å². The quantitative estimate of drug-likeness (QED) is 0.393. The average molecular weight is 240 g/mol. The van der Waals surface area contributed by atoms with Crippen LogP contribution < -0.4 is 16.6 Å². The normalized spacial score (nSPS) is 21.4. The number of allylic oxidation sites excluding steroid dienone is 2. The number of likely N-dealkylation sites (N-methyl/N-ethyl adjacent to an activating group) is 1. The van der Waals surface area contributed by atoms with E-state index in [9.17, 15) is 0 Å². The molecule has 0 amide bonds. The van der Waals surface area contributed by atoms with Gasteiger partial charge in [0.05, 0.1) is 11.1 Å². The fourth-order valence-corrected chi connectivity index (χ4v) is 2.80. The van der Waals surface area contributed by atoms with Crippen molar-refractivity contribution in [2.24, 2.45) is 5.84 Å². The molecule has 1 rings (SSSR count). The van der Waals surface area contributed by atoms with Gasteiger partial charge in [0.1, 0.15) is 0 Å². The van der Waals surface area contributed by atoms with E-state index in [1.54, 1.807) is 6.20 Å². The smallest absolute Gasteiger partial charge is 0.0763 e. The summed E-state index contributed by atoms with van der Waals surface area (Å²) >= 11 is 1.82. The Morgan fingerprint density at radius 3 is 2.62 bits per heavy atom. The molecule has 1 atom stereocenters. The first kappa shape index (κ1) is 13.0. The molecule has 0 aromatic rings. The molecular weight excluding hydrogens is 220 g/mol. The monoisotopic (exact) mass is 240 g/mol. The minimum atomic E-state index is 0.454. The van der Waals surface area contributed by atoms with Crippen molar-refractivity contribution in [2.75, 3.05) is 14.1 Å². The lowest BCUT2D eigenvalue weighted by molar-refractivity contribution is 0.422. The summed E-state index contributed by atoms with van der Waals surface area (Å²) in [7, 11) is 3.95. The van der Waals surface area contributed by atoms with E-state index < -0.39 is 0 Å². The Bertz CT molecular complexity index is 346.